The maximum atomic E-state index is 5.47. The van der Waals surface area contributed by atoms with Gasteiger partial charge in [0.05, 0.1) is 144 Å². The molecule has 0 amide bonds. The maximum absolute atomic E-state index is 5.47. The Kier molecular flexibility index (Phi) is 13.1. The topological polar surface area (TPSA) is 133 Å². The molecule has 0 saturated carbocycles. The summed E-state index contributed by atoms with van der Waals surface area (Å²) in [6.07, 6.45) is 0. The van der Waals surface area contributed by atoms with Crippen LogP contribution in [0.15, 0.2) is 376 Å². The molecule has 0 aliphatic rings. The molecular weight excluding hydrogens is 1480 g/mol. The number of hydrogen-bond acceptors (Lipinski definition) is 6. The minimum absolute atomic E-state index is 0.749. The van der Waals surface area contributed by atoms with E-state index in [1.54, 1.807) is 0 Å². The molecule has 120 heavy (non-hydrogen) atoms. The summed E-state index contributed by atoms with van der Waals surface area (Å²) >= 11 is 0. The lowest BCUT2D eigenvalue weighted by atomic mass is 10.1. The van der Waals surface area contributed by atoms with Gasteiger partial charge in [-0.3, -0.25) is 35.5 Å². The number of fused-ring (bicyclic) bond motifs is 34. The van der Waals surface area contributed by atoms with Crippen molar-refractivity contribution < 1.29 is 0 Å². The van der Waals surface area contributed by atoms with Gasteiger partial charge in [0.25, 0.3) is 0 Å². The minimum atomic E-state index is 0.749. The van der Waals surface area contributed by atoms with E-state index in [1.807, 2.05) is 24.3 Å². The van der Waals surface area contributed by atoms with E-state index in [-0.39, 0.29) is 0 Å². The first-order chi connectivity index (χ1) is 59.6. The SMILES string of the molecule is c1ccc(-n2c3ccc(-n4c5nc6ccccc6n5c5ccc(-n6c7ccccc7c7ccccc76)cc5n5c6ccccc6nc45)cc3n3c4ccccc4nc23)cc1.c1ccc(-n2c3nc4ccccc4n3c3ccc(-n4c5ccccc5c5cc(-n6c7ccccc7n7c8ccccc8nc67)ccc54)cc3n3c4ccccc4nc23)cc1. The fourth-order valence-corrected chi connectivity index (χ4v) is 19.4. The van der Waals surface area contributed by atoms with Gasteiger partial charge in [0.1, 0.15) is 0 Å². The number of aromatic nitrogens is 18. The molecule has 0 atom stereocenters. The van der Waals surface area contributed by atoms with E-state index >= 15 is 0 Å². The fraction of sp³-hybridized carbons (Fsp3) is 0. The van der Waals surface area contributed by atoms with E-state index in [0.717, 1.165) is 207 Å². The Balaban J connectivity index is 0.000000127. The van der Waals surface area contributed by atoms with Crippen molar-refractivity contribution in [3.8, 4) is 34.1 Å². The first-order valence-corrected chi connectivity index (χ1v) is 40.3. The second-order valence-corrected chi connectivity index (χ2v) is 30.9. The Morgan fingerprint density at radius 2 is 0.342 bits per heavy atom. The molecule has 12 heterocycles. The van der Waals surface area contributed by atoms with Crippen molar-refractivity contribution in [1.29, 1.82) is 0 Å². The van der Waals surface area contributed by atoms with Crippen molar-refractivity contribution >= 4 is 189 Å². The fourth-order valence-electron chi connectivity index (χ4n) is 19.4. The van der Waals surface area contributed by atoms with Crippen molar-refractivity contribution in [2.24, 2.45) is 0 Å². The van der Waals surface area contributed by atoms with Crippen LogP contribution in [0.1, 0.15) is 0 Å². The largest absolute Gasteiger partial charge is 0.309 e. The monoisotopic (exact) mass is 1540 g/mol. The van der Waals surface area contributed by atoms with Crippen LogP contribution in [-0.4, -0.2) is 83.7 Å². The highest BCUT2D eigenvalue weighted by atomic mass is 15.3. The van der Waals surface area contributed by atoms with Crippen LogP contribution >= 0.6 is 0 Å². The van der Waals surface area contributed by atoms with Gasteiger partial charge in [-0.15, -0.1) is 0 Å². The first-order valence-electron chi connectivity index (χ1n) is 40.3. The van der Waals surface area contributed by atoms with Gasteiger partial charge in [0.2, 0.25) is 34.7 Å². The van der Waals surface area contributed by atoms with Gasteiger partial charge in [-0.25, -0.2) is 39.0 Å². The molecule has 0 spiro atoms. The molecule has 560 valence electrons. The second kappa shape index (κ2) is 24.4. The lowest BCUT2D eigenvalue weighted by Crippen LogP contribution is -2.02. The molecule has 18 nitrogen and oxygen atoms in total. The quantitative estimate of drug-likeness (QED) is 0.163. The summed E-state index contributed by atoms with van der Waals surface area (Å²) in [7, 11) is 0. The maximum Gasteiger partial charge on any atom is 0.223 e. The van der Waals surface area contributed by atoms with Crippen LogP contribution in [0.4, 0.5) is 0 Å². The Labute approximate surface area is 678 Å². The van der Waals surface area contributed by atoms with Gasteiger partial charge < -0.3 is 9.13 Å². The highest BCUT2D eigenvalue weighted by Crippen LogP contribution is 2.42. The highest BCUT2D eigenvalue weighted by Gasteiger charge is 2.27. The van der Waals surface area contributed by atoms with Crippen LogP contribution in [0.3, 0.4) is 0 Å². The van der Waals surface area contributed by atoms with E-state index in [2.05, 4.69) is 406 Å². The van der Waals surface area contributed by atoms with E-state index in [9.17, 15) is 0 Å². The molecule has 12 aromatic heterocycles. The van der Waals surface area contributed by atoms with Gasteiger partial charge in [-0.1, -0.05) is 176 Å². The van der Waals surface area contributed by atoms with E-state index in [1.165, 1.54) is 16.2 Å². The summed E-state index contributed by atoms with van der Waals surface area (Å²) in [5.74, 6) is 4.81. The summed E-state index contributed by atoms with van der Waals surface area (Å²) in [4.78, 5) is 31.9. The summed E-state index contributed by atoms with van der Waals surface area (Å²) < 4.78 is 27.5. The molecule has 0 unspecified atom stereocenters. The summed E-state index contributed by atoms with van der Waals surface area (Å²) in [6.45, 7) is 0. The molecular formula is C102H62N18. The number of imidazole rings is 8. The van der Waals surface area contributed by atoms with Crippen molar-refractivity contribution in [2.75, 3.05) is 0 Å². The van der Waals surface area contributed by atoms with Gasteiger partial charge in [-0.2, -0.15) is 0 Å². The minimum Gasteiger partial charge on any atom is -0.309 e. The van der Waals surface area contributed by atoms with Crippen LogP contribution < -0.4 is 0 Å². The normalized spacial score (nSPS) is 12.3. The second-order valence-electron chi connectivity index (χ2n) is 30.9. The number of nitrogens with zero attached hydrogens (tertiary/aromatic N) is 18. The van der Waals surface area contributed by atoms with Gasteiger partial charge in [0, 0.05) is 44.3 Å². The molecule has 0 radical (unpaired) electrons. The molecule has 0 saturated heterocycles. The van der Waals surface area contributed by atoms with Crippen molar-refractivity contribution in [3.63, 3.8) is 0 Å². The highest BCUT2D eigenvalue weighted by molar-refractivity contribution is 6.12. The zero-order valence-electron chi connectivity index (χ0n) is 63.8. The van der Waals surface area contributed by atoms with Gasteiger partial charge in [-0.05, 0) is 200 Å². The van der Waals surface area contributed by atoms with Gasteiger partial charge in [0.15, 0.2) is 0 Å². The molecule has 0 aliphatic carbocycles. The van der Waals surface area contributed by atoms with Crippen LogP contribution in [0.5, 0.6) is 0 Å². The Bertz CT molecular complexity index is 9290. The zero-order valence-corrected chi connectivity index (χ0v) is 63.8. The summed E-state index contributed by atoms with van der Waals surface area (Å²) in [5, 5.41) is 4.79. The van der Waals surface area contributed by atoms with Crippen molar-refractivity contribution in [2.45, 2.75) is 0 Å². The van der Waals surface area contributed by atoms with E-state index in [4.69, 9.17) is 29.9 Å². The predicted molar refractivity (Wildman–Crippen MR) is 484 cm³/mol. The molecule has 28 aromatic rings. The molecule has 18 heteroatoms. The van der Waals surface area contributed by atoms with Crippen molar-refractivity contribution in [3.05, 3.63) is 376 Å². The van der Waals surface area contributed by atoms with Crippen LogP contribution in [-0.2, 0) is 0 Å². The Morgan fingerprint density at radius 3 is 0.725 bits per heavy atom. The Morgan fingerprint density at radius 1 is 0.125 bits per heavy atom. The molecule has 0 N–H and O–H groups in total. The third-order valence-electron chi connectivity index (χ3n) is 24.4. The predicted octanol–water partition coefficient (Wildman–Crippen LogP) is 23.3. The summed E-state index contributed by atoms with van der Waals surface area (Å²) in [5.41, 5.74) is 30.8. The number of rotatable bonds is 6. The molecule has 0 aliphatic heterocycles. The molecule has 28 rings (SSSR count). The van der Waals surface area contributed by atoms with Crippen molar-refractivity contribution in [1.82, 2.24) is 83.7 Å². The lowest BCUT2D eigenvalue weighted by molar-refractivity contribution is 1.03. The van der Waals surface area contributed by atoms with Crippen LogP contribution in [0.25, 0.3) is 223 Å². The smallest absolute Gasteiger partial charge is 0.223 e. The van der Waals surface area contributed by atoms with Crippen LogP contribution in [0, 0.1) is 0 Å². The van der Waals surface area contributed by atoms with Crippen LogP contribution in [0.2, 0.25) is 0 Å². The van der Waals surface area contributed by atoms with Gasteiger partial charge >= 0.3 is 0 Å². The zero-order chi connectivity index (χ0) is 78.1. The first kappa shape index (κ1) is 64.5. The molecule has 16 aromatic carbocycles. The van der Waals surface area contributed by atoms with E-state index in [0.29, 0.717) is 0 Å². The third-order valence-corrected chi connectivity index (χ3v) is 24.4. The number of hydrogen-bond donors (Lipinski definition) is 0. The number of benzene rings is 16. The third kappa shape index (κ3) is 8.92. The summed E-state index contributed by atoms with van der Waals surface area (Å²) in [6, 6.07) is 133. The number of para-hydroxylation sites is 19. The Hall–Kier alpha value is -16.9. The van der Waals surface area contributed by atoms with E-state index < -0.39 is 0 Å². The standard InChI is InChI=1S/2C51H31N9/c1-2-14-32(15-3-1)56-45-28-27-34(31-47(45)59-43-24-12-7-19-38(43)52-49(56)59)57-50-53-37-18-6-11-23-42(37)58(50)46-29-26-33(30-48(46)60-44-25-13-8-20-39(44)54-51(57)60)55-40-21-9-4-16-35(40)36-17-5-10-22-41(36)55;1-2-14-32(15-3-1)57-50-53-38-18-6-10-22-43(38)59(50)47-29-27-34(31-48(47)60-44-23-11-7-19-39(44)54-51(57)60)55-40-20-8-4-16-35(40)36-30-33(26-28-41(36)55)56-45-24-12-13-25-46(45)58-42-21-9-5-17-37(42)52-49(56)58/h2*1-31H. The average Bonchev–Trinajstić information content (AvgIpc) is 1.55. The lowest BCUT2D eigenvalue weighted by Gasteiger charge is -2.11. The molecule has 0 bridgehead atoms. The average molecular weight is 1540 g/mol. The molecule has 0 fully saturated rings.